The average Bonchev–Trinajstić information content (AvgIpc) is 2.99. The molecule has 3 rings (SSSR count). The number of aryl methyl sites for hydroxylation is 2. The highest BCUT2D eigenvalue weighted by Crippen LogP contribution is 2.26. The van der Waals surface area contributed by atoms with Crippen molar-refractivity contribution in [3.05, 3.63) is 47.1 Å². The number of amides is 1. The number of carbonyl (C=O) groups excluding carboxylic acids is 1. The summed E-state index contributed by atoms with van der Waals surface area (Å²) in [5.74, 6) is 1.18. The lowest BCUT2D eigenvalue weighted by Gasteiger charge is -2.39. The van der Waals surface area contributed by atoms with Gasteiger partial charge in [0.15, 0.2) is 0 Å². The largest absolute Gasteiger partial charge is 0.380 e. The molecule has 1 aliphatic heterocycles. The molecule has 1 aromatic carbocycles. The summed E-state index contributed by atoms with van der Waals surface area (Å²) in [4.78, 5) is 14.8. The van der Waals surface area contributed by atoms with Crippen LogP contribution in [0.3, 0.4) is 0 Å². The number of hydrogen-bond acceptors (Lipinski definition) is 4. The fraction of sp³-hybridized carbons (Fsp3) is 0.545. The third-order valence-electron chi connectivity index (χ3n) is 5.71. The summed E-state index contributed by atoms with van der Waals surface area (Å²) < 4.78 is 18.7. The Morgan fingerprint density at radius 1 is 1.39 bits per heavy atom. The van der Waals surface area contributed by atoms with E-state index in [1.807, 2.05) is 24.8 Å². The maximum Gasteiger partial charge on any atom is 0.222 e. The first-order chi connectivity index (χ1) is 13.5. The number of halogens is 1. The van der Waals surface area contributed by atoms with Crippen molar-refractivity contribution >= 4 is 11.6 Å². The molecule has 1 amide bonds. The Morgan fingerprint density at radius 2 is 2.21 bits per heavy atom. The third-order valence-corrected chi connectivity index (χ3v) is 5.71. The molecule has 5 nitrogen and oxygen atoms in total. The molecule has 0 unspecified atom stereocenters. The molecule has 1 aromatic heterocycles. The predicted molar refractivity (Wildman–Crippen MR) is 108 cm³/mol. The summed E-state index contributed by atoms with van der Waals surface area (Å²) in [7, 11) is 0. The van der Waals surface area contributed by atoms with E-state index in [0.717, 1.165) is 48.5 Å². The van der Waals surface area contributed by atoms with Crippen molar-refractivity contribution in [1.82, 2.24) is 10.1 Å². The lowest BCUT2D eigenvalue weighted by atomic mass is 9.87. The first-order valence-corrected chi connectivity index (χ1v) is 10.2. The molecule has 1 N–H and O–H groups in total. The van der Waals surface area contributed by atoms with E-state index in [9.17, 15) is 9.18 Å². The zero-order chi connectivity index (χ0) is 20.1. The standard InChI is InChI=1S/C22H30FN3O2/c1-4-6-17-11-12-26(14-21(17)24-19-8-5-7-18(23)13-19)22(27)10-9-20-15(2)25-28-16(20)3/h5,7-8,13,17,21,24H,4,6,9-12,14H2,1-3H3/t17-,21+/m0/s1. The van der Waals surface area contributed by atoms with Crippen LogP contribution in [0.5, 0.6) is 0 Å². The second-order valence-corrected chi connectivity index (χ2v) is 7.74. The second-order valence-electron chi connectivity index (χ2n) is 7.74. The summed E-state index contributed by atoms with van der Waals surface area (Å²) in [6, 6.07) is 6.69. The Bertz CT molecular complexity index is 785. The average molecular weight is 387 g/mol. The fourth-order valence-electron chi connectivity index (χ4n) is 4.15. The highest BCUT2D eigenvalue weighted by atomic mass is 19.1. The number of piperidine rings is 1. The van der Waals surface area contributed by atoms with Crippen LogP contribution < -0.4 is 5.32 Å². The molecule has 6 heteroatoms. The van der Waals surface area contributed by atoms with Crippen molar-refractivity contribution in [2.24, 2.45) is 5.92 Å². The van der Waals surface area contributed by atoms with Gasteiger partial charge in [0.2, 0.25) is 5.91 Å². The van der Waals surface area contributed by atoms with E-state index in [0.29, 0.717) is 25.3 Å². The summed E-state index contributed by atoms with van der Waals surface area (Å²) in [6.45, 7) is 7.41. The molecule has 1 fully saturated rings. The molecule has 0 aliphatic carbocycles. The predicted octanol–water partition coefficient (Wildman–Crippen LogP) is 4.49. The van der Waals surface area contributed by atoms with Gasteiger partial charge in [-0.05, 0) is 57.2 Å². The van der Waals surface area contributed by atoms with Gasteiger partial charge in [-0.2, -0.15) is 0 Å². The Hall–Kier alpha value is -2.37. The molecule has 1 saturated heterocycles. The van der Waals surface area contributed by atoms with Crippen LogP contribution in [0.2, 0.25) is 0 Å². The van der Waals surface area contributed by atoms with Crippen molar-refractivity contribution < 1.29 is 13.7 Å². The third kappa shape index (κ3) is 4.91. The van der Waals surface area contributed by atoms with Gasteiger partial charge < -0.3 is 14.7 Å². The highest BCUT2D eigenvalue weighted by molar-refractivity contribution is 5.76. The second kappa shape index (κ2) is 9.22. The molecule has 2 aromatic rings. The van der Waals surface area contributed by atoms with Crippen LogP contribution in [0, 0.1) is 25.6 Å². The number of likely N-dealkylation sites (tertiary alicyclic amines) is 1. The number of nitrogens with zero attached hydrogens (tertiary/aromatic N) is 2. The van der Waals surface area contributed by atoms with E-state index in [2.05, 4.69) is 17.4 Å². The maximum absolute atomic E-state index is 13.6. The van der Waals surface area contributed by atoms with Gasteiger partial charge in [-0.1, -0.05) is 24.6 Å². The van der Waals surface area contributed by atoms with Crippen LogP contribution in [0.4, 0.5) is 10.1 Å². The molecule has 0 radical (unpaired) electrons. The lowest BCUT2D eigenvalue weighted by Crippen LogP contribution is -2.49. The fourth-order valence-corrected chi connectivity index (χ4v) is 4.15. The van der Waals surface area contributed by atoms with Crippen molar-refractivity contribution in [2.45, 2.75) is 58.9 Å². The Morgan fingerprint density at radius 3 is 2.89 bits per heavy atom. The topological polar surface area (TPSA) is 58.4 Å². The minimum Gasteiger partial charge on any atom is -0.380 e. The lowest BCUT2D eigenvalue weighted by molar-refractivity contribution is -0.132. The van der Waals surface area contributed by atoms with Gasteiger partial charge in [0, 0.05) is 36.8 Å². The van der Waals surface area contributed by atoms with E-state index >= 15 is 0 Å². The molecule has 152 valence electrons. The monoisotopic (exact) mass is 387 g/mol. The van der Waals surface area contributed by atoms with E-state index in [1.165, 1.54) is 12.1 Å². The number of rotatable bonds is 7. The molecule has 0 saturated carbocycles. The van der Waals surface area contributed by atoms with Crippen LogP contribution in [0.25, 0.3) is 0 Å². The number of nitrogens with one attached hydrogen (secondary N) is 1. The van der Waals surface area contributed by atoms with Gasteiger partial charge in [-0.15, -0.1) is 0 Å². The maximum atomic E-state index is 13.6. The molecular formula is C22H30FN3O2. The quantitative estimate of drug-likeness (QED) is 0.760. The van der Waals surface area contributed by atoms with E-state index in [4.69, 9.17) is 4.52 Å². The van der Waals surface area contributed by atoms with Gasteiger partial charge in [0.25, 0.3) is 0 Å². The number of benzene rings is 1. The SMILES string of the molecule is CCC[C@H]1CCN(C(=O)CCc2c(C)noc2C)C[C@H]1Nc1cccc(F)c1. The summed E-state index contributed by atoms with van der Waals surface area (Å²) in [6.07, 6.45) is 4.28. The first-order valence-electron chi connectivity index (χ1n) is 10.2. The van der Waals surface area contributed by atoms with Crippen molar-refractivity contribution in [2.75, 3.05) is 18.4 Å². The molecule has 1 aliphatic rings. The van der Waals surface area contributed by atoms with Gasteiger partial charge in [0.1, 0.15) is 11.6 Å². The number of aromatic nitrogens is 1. The minimum atomic E-state index is -0.250. The van der Waals surface area contributed by atoms with Crippen molar-refractivity contribution in [1.29, 1.82) is 0 Å². The van der Waals surface area contributed by atoms with E-state index in [1.54, 1.807) is 6.07 Å². The Kier molecular flexibility index (Phi) is 6.70. The molecule has 0 spiro atoms. The van der Waals surface area contributed by atoms with Crippen LogP contribution in [0.15, 0.2) is 28.8 Å². The zero-order valence-corrected chi connectivity index (χ0v) is 17.0. The highest BCUT2D eigenvalue weighted by Gasteiger charge is 2.31. The minimum absolute atomic E-state index is 0.138. The van der Waals surface area contributed by atoms with Crippen molar-refractivity contribution in [3.63, 3.8) is 0 Å². The Balaban J connectivity index is 1.63. The van der Waals surface area contributed by atoms with Crippen LogP contribution in [-0.2, 0) is 11.2 Å². The van der Waals surface area contributed by atoms with Crippen LogP contribution in [-0.4, -0.2) is 35.1 Å². The number of hydrogen-bond donors (Lipinski definition) is 1. The normalized spacial score (nSPS) is 19.6. The van der Waals surface area contributed by atoms with Gasteiger partial charge in [0.05, 0.1) is 5.69 Å². The summed E-state index contributed by atoms with van der Waals surface area (Å²) >= 11 is 0. The summed E-state index contributed by atoms with van der Waals surface area (Å²) in [5, 5.41) is 7.43. The number of carbonyl (C=O) groups is 1. The first kappa shape index (κ1) is 20.4. The molecule has 2 heterocycles. The summed E-state index contributed by atoms with van der Waals surface area (Å²) in [5.41, 5.74) is 2.66. The van der Waals surface area contributed by atoms with Crippen LogP contribution >= 0.6 is 0 Å². The van der Waals surface area contributed by atoms with Crippen molar-refractivity contribution in [3.8, 4) is 0 Å². The number of anilines is 1. The molecule has 2 atom stereocenters. The molecule has 28 heavy (non-hydrogen) atoms. The van der Waals surface area contributed by atoms with Crippen LogP contribution in [0.1, 0.15) is 49.6 Å². The zero-order valence-electron chi connectivity index (χ0n) is 17.0. The van der Waals surface area contributed by atoms with E-state index in [-0.39, 0.29) is 17.8 Å². The smallest absolute Gasteiger partial charge is 0.222 e. The van der Waals surface area contributed by atoms with E-state index < -0.39 is 0 Å². The van der Waals surface area contributed by atoms with Gasteiger partial charge >= 0.3 is 0 Å². The Labute approximate surface area is 166 Å². The van der Waals surface area contributed by atoms with Gasteiger partial charge in [-0.25, -0.2) is 4.39 Å². The van der Waals surface area contributed by atoms with Gasteiger partial charge in [-0.3, -0.25) is 4.79 Å². The molecule has 0 bridgehead atoms. The molecular weight excluding hydrogens is 357 g/mol.